The largest absolute Gasteiger partial charge is 0.481 e. The molecule has 0 aromatic heterocycles. The van der Waals surface area contributed by atoms with Gasteiger partial charge in [0, 0.05) is 19.7 Å². The first-order chi connectivity index (χ1) is 8.02. The molecule has 0 bridgehead atoms. The molecule has 2 amide bonds. The molecule has 0 aromatic rings. The van der Waals surface area contributed by atoms with Crippen LogP contribution < -0.4 is 10.6 Å². The van der Waals surface area contributed by atoms with Crippen LogP contribution in [0.25, 0.3) is 0 Å². The summed E-state index contributed by atoms with van der Waals surface area (Å²) < 4.78 is 5.30. The zero-order valence-corrected chi connectivity index (χ0v) is 10.5. The zero-order valence-electron chi connectivity index (χ0n) is 10.5. The lowest BCUT2D eigenvalue weighted by Gasteiger charge is -2.08. The van der Waals surface area contributed by atoms with Crippen molar-refractivity contribution >= 4 is 12.0 Å². The molecule has 0 aromatic carbocycles. The highest BCUT2D eigenvalue weighted by Crippen LogP contribution is 1.98. The number of rotatable bonds is 9. The third-order valence-corrected chi connectivity index (χ3v) is 2.00. The van der Waals surface area contributed by atoms with Crippen LogP contribution in [0.15, 0.2) is 0 Å². The van der Waals surface area contributed by atoms with Gasteiger partial charge in [-0.3, -0.25) is 4.79 Å². The number of hydrogen-bond acceptors (Lipinski definition) is 3. The maximum atomic E-state index is 11.1. The van der Waals surface area contributed by atoms with Gasteiger partial charge in [-0.1, -0.05) is 13.8 Å². The zero-order chi connectivity index (χ0) is 13.1. The second-order valence-electron chi connectivity index (χ2n) is 4.12. The van der Waals surface area contributed by atoms with Gasteiger partial charge < -0.3 is 20.5 Å². The van der Waals surface area contributed by atoms with E-state index >= 15 is 0 Å². The topological polar surface area (TPSA) is 87.7 Å². The fourth-order valence-electron chi connectivity index (χ4n) is 1.00. The van der Waals surface area contributed by atoms with Crippen LogP contribution in [0.5, 0.6) is 0 Å². The van der Waals surface area contributed by atoms with Crippen LogP contribution in [0.1, 0.15) is 26.7 Å². The lowest BCUT2D eigenvalue weighted by atomic mass is 10.1. The van der Waals surface area contributed by atoms with Gasteiger partial charge in [-0.2, -0.15) is 0 Å². The van der Waals surface area contributed by atoms with Crippen LogP contribution in [-0.2, 0) is 9.53 Å². The van der Waals surface area contributed by atoms with Crippen LogP contribution in [0.2, 0.25) is 0 Å². The highest BCUT2D eigenvalue weighted by molar-refractivity contribution is 5.74. The van der Waals surface area contributed by atoms with Gasteiger partial charge in [-0.25, -0.2) is 4.79 Å². The van der Waals surface area contributed by atoms with Gasteiger partial charge in [0.1, 0.15) is 0 Å². The Morgan fingerprint density at radius 1 is 1.18 bits per heavy atom. The molecule has 100 valence electrons. The standard InChI is InChI=1S/C11H22N2O4/c1-9(2)4-7-17-8-6-13-11(16)12-5-3-10(14)15/h9H,3-8H2,1-2H3,(H,14,15)(H2,12,13,16). The highest BCUT2D eigenvalue weighted by Gasteiger charge is 2.01. The van der Waals surface area contributed by atoms with Crippen molar-refractivity contribution in [3.63, 3.8) is 0 Å². The van der Waals surface area contributed by atoms with Crippen molar-refractivity contribution < 1.29 is 19.4 Å². The summed E-state index contributed by atoms with van der Waals surface area (Å²) in [4.78, 5) is 21.3. The predicted octanol–water partition coefficient (Wildman–Crippen LogP) is 0.823. The van der Waals surface area contributed by atoms with E-state index in [9.17, 15) is 9.59 Å². The quantitative estimate of drug-likeness (QED) is 0.526. The Bertz CT molecular complexity index is 232. The summed E-state index contributed by atoms with van der Waals surface area (Å²) in [5.74, 6) is -0.315. The molecule has 0 fully saturated rings. The summed E-state index contributed by atoms with van der Waals surface area (Å²) in [6, 6.07) is -0.362. The molecular weight excluding hydrogens is 224 g/mol. The minimum atomic E-state index is -0.928. The molecule has 0 aliphatic heterocycles. The molecule has 6 nitrogen and oxygen atoms in total. The predicted molar refractivity (Wildman–Crippen MR) is 63.9 cm³/mol. The van der Waals surface area contributed by atoms with Crippen molar-refractivity contribution in [2.45, 2.75) is 26.7 Å². The molecule has 6 heteroatoms. The molecule has 0 heterocycles. The van der Waals surface area contributed by atoms with Crippen molar-refractivity contribution in [2.24, 2.45) is 5.92 Å². The van der Waals surface area contributed by atoms with Gasteiger partial charge in [0.05, 0.1) is 13.0 Å². The monoisotopic (exact) mass is 246 g/mol. The first-order valence-corrected chi connectivity index (χ1v) is 5.83. The summed E-state index contributed by atoms with van der Waals surface area (Å²) in [5, 5.41) is 13.4. The highest BCUT2D eigenvalue weighted by atomic mass is 16.5. The third-order valence-electron chi connectivity index (χ3n) is 2.00. The van der Waals surface area contributed by atoms with Gasteiger partial charge >= 0.3 is 12.0 Å². The number of carboxylic acid groups (broad SMARTS) is 1. The molecule has 3 N–H and O–H groups in total. The molecule has 0 unspecified atom stereocenters. The van der Waals surface area contributed by atoms with E-state index in [4.69, 9.17) is 9.84 Å². The average molecular weight is 246 g/mol. The summed E-state index contributed by atoms with van der Waals surface area (Å²) in [6.07, 6.45) is 0.934. The number of carbonyl (C=O) groups is 2. The molecule has 0 spiro atoms. The van der Waals surface area contributed by atoms with Gasteiger partial charge in [0.2, 0.25) is 0 Å². The number of carbonyl (C=O) groups excluding carboxylic acids is 1. The molecule has 0 radical (unpaired) electrons. The van der Waals surface area contributed by atoms with Crippen molar-refractivity contribution in [3.05, 3.63) is 0 Å². The maximum absolute atomic E-state index is 11.1. The lowest BCUT2D eigenvalue weighted by molar-refractivity contribution is -0.136. The van der Waals surface area contributed by atoms with Gasteiger partial charge in [-0.15, -0.1) is 0 Å². The normalized spacial score (nSPS) is 10.3. The number of nitrogens with one attached hydrogen (secondary N) is 2. The van der Waals surface area contributed by atoms with E-state index in [0.717, 1.165) is 6.42 Å². The van der Waals surface area contributed by atoms with Crippen molar-refractivity contribution in [2.75, 3.05) is 26.3 Å². The Labute approximate surface area is 102 Å². The van der Waals surface area contributed by atoms with E-state index < -0.39 is 5.97 Å². The fraction of sp³-hybridized carbons (Fsp3) is 0.818. The van der Waals surface area contributed by atoms with Crippen LogP contribution >= 0.6 is 0 Å². The van der Waals surface area contributed by atoms with Crippen LogP contribution in [0, 0.1) is 5.92 Å². The third kappa shape index (κ3) is 12.6. The summed E-state index contributed by atoms with van der Waals surface area (Å²) in [5.41, 5.74) is 0. The van der Waals surface area contributed by atoms with Crippen LogP contribution in [0.4, 0.5) is 4.79 Å². The molecule has 17 heavy (non-hydrogen) atoms. The Morgan fingerprint density at radius 2 is 1.82 bits per heavy atom. The number of amides is 2. The van der Waals surface area contributed by atoms with E-state index in [1.807, 2.05) is 0 Å². The number of hydrogen-bond donors (Lipinski definition) is 3. The molecule has 0 atom stereocenters. The summed E-state index contributed by atoms with van der Waals surface area (Å²) in [6.45, 7) is 5.97. The maximum Gasteiger partial charge on any atom is 0.314 e. The first kappa shape index (κ1) is 15.7. The van der Waals surface area contributed by atoms with Crippen LogP contribution in [-0.4, -0.2) is 43.4 Å². The molecule has 0 saturated carbocycles. The van der Waals surface area contributed by atoms with Crippen molar-refractivity contribution in [3.8, 4) is 0 Å². The Kier molecular flexibility index (Phi) is 9.14. The SMILES string of the molecule is CC(C)CCOCCNC(=O)NCCC(=O)O. The van der Waals surface area contributed by atoms with E-state index in [-0.39, 0.29) is 19.0 Å². The molecule has 0 aliphatic rings. The van der Waals surface area contributed by atoms with Crippen molar-refractivity contribution in [1.82, 2.24) is 10.6 Å². The summed E-state index contributed by atoms with van der Waals surface area (Å²) in [7, 11) is 0. The first-order valence-electron chi connectivity index (χ1n) is 5.83. The number of ether oxygens (including phenoxy) is 1. The van der Waals surface area contributed by atoms with Gasteiger partial charge in [0.25, 0.3) is 0 Å². The molecular formula is C11H22N2O4. The average Bonchev–Trinajstić information content (AvgIpc) is 2.22. The van der Waals surface area contributed by atoms with Crippen molar-refractivity contribution in [1.29, 1.82) is 0 Å². The number of aliphatic carboxylic acids is 1. The second-order valence-corrected chi connectivity index (χ2v) is 4.12. The number of carboxylic acids is 1. The fourth-order valence-corrected chi connectivity index (χ4v) is 1.00. The Balaban J connectivity index is 3.25. The van der Waals surface area contributed by atoms with Gasteiger partial charge in [-0.05, 0) is 12.3 Å². The molecule has 0 aliphatic carbocycles. The summed E-state index contributed by atoms with van der Waals surface area (Å²) >= 11 is 0. The Morgan fingerprint density at radius 3 is 2.41 bits per heavy atom. The molecule has 0 saturated heterocycles. The minimum absolute atomic E-state index is 0.0711. The second kappa shape index (κ2) is 9.89. The van der Waals surface area contributed by atoms with E-state index in [0.29, 0.717) is 25.7 Å². The number of urea groups is 1. The molecule has 0 rings (SSSR count). The van der Waals surface area contributed by atoms with E-state index in [1.54, 1.807) is 0 Å². The van der Waals surface area contributed by atoms with E-state index in [1.165, 1.54) is 0 Å². The van der Waals surface area contributed by atoms with E-state index in [2.05, 4.69) is 24.5 Å². The Hall–Kier alpha value is -1.30. The smallest absolute Gasteiger partial charge is 0.314 e. The minimum Gasteiger partial charge on any atom is -0.481 e. The van der Waals surface area contributed by atoms with Gasteiger partial charge in [0.15, 0.2) is 0 Å². The lowest BCUT2D eigenvalue weighted by Crippen LogP contribution is -2.38. The van der Waals surface area contributed by atoms with Crippen LogP contribution in [0.3, 0.4) is 0 Å².